The predicted octanol–water partition coefficient (Wildman–Crippen LogP) is 4.37. The molecule has 0 fully saturated rings. The predicted molar refractivity (Wildman–Crippen MR) is 111 cm³/mol. The van der Waals surface area contributed by atoms with Crippen molar-refractivity contribution in [2.24, 2.45) is 0 Å². The van der Waals surface area contributed by atoms with Crippen LogP contribution >= 0.6 is 15.9 Å². The molecule has 1 unspecified atom stereocenters. The lowest BCUT2D eigenvalue weighted by Gasteiger charge is -2.19. The topological polar surface area (TPSA) is 62.6 Å². The largest absolute Gasteiger partial charge is 0.466 e. The van der Waals surface area contributed by atoms with Gasteiger partial charge in [0.15, 0.2) is 0 Å². The normalized spacial score (nSPS) is 12.1. The monoisotopic (exact) mass is 452 g/mol. The van der Waals surface area contributed by atoms with Gasteiger partial charge in [0.25, 0.3) is 0 Å². The molecule has 1 aromatic heterocycles. The first-order valence-electron chi connectivity index (χ1n) is 9.72. The minimum absolute atomic E-state index is 0.0466. The van der Waals surface area contributed by atoms with Gasteiger partial charge < -0.3 is 18.8 Å². The molecule has 0 aliphatic carbocycles. The van der Waals surface area contributed by atoms with Gasteiger partial charge in [-0.3, -0.25) is 4.79 Å². The zero-order valence-corrected chi connectivity index (χ0v) is 18.0. The molecule has 0 spiro atoms. The van der Waals surface area contributed by atoms with Crippen LogP contribution in [-0.2, 0) is 32.2 Å². The summed E-state index contributed by atoms with van der Waals surface area (Å²) in [6.45, 7) is 4.67. The maximum Gasteiger partial charge on any atom is 0.305 e. The maximum atomic E-state index is 11.3. The number of esters is 1. The number of aromatic nitrogens is 2. The van der Waals surface area contributed by atoms with Gasteiger partial charge >= 0.3 is 5.97 Å². The van der Waals surface area contributed by atoms with Crippen molar-refractivity contribution in [1.29, 1.82) is 0 Å². The number of unbranched alkanes of at least 4 members (excludes halogenated alkanes) is 2. The minimum Gasteiger partial charge on any atom is -0.466 e. The third kappa shape index (κ3) is 9.48. The lowest BCUT2D eigenvalue weighted by Crippen LogP contribution is -2.25. The van der Waals surface area contributed by atoms with Gasteiger partial charge in [-0.25, -0.2) is 4.98 Å². The molecule has 1 atom stereocenters. The zero-order valence-electron chi connectivity index (χ0n) is 16.4. The molecule has 0 bridgehead atoms. The van der Waals surface area contributed by atoms with Crippen LogP contribution < -0.4 is 0 Å². The van der Waals surface area contributed by atoms with E-state index in [1.807, 2.05) is 42.0 Å². The lowest BCUT2D eigenvalue weighted by molar-refractivity contribution is -0.143. The summed E-state index contributed by atoms with van der Waals surface area (Å²) in [5.41, 5.74) is 1.13. The number of halogens is 1. The molecule has 1 heterocycles. The maximum absolute atomic E-state index is 11.3. The van der Waals surface area contributed by atoms with E-state index >= 15 is 0 Å². The van der Waals surface area contributed by atoms with Crippen molar-refractivity contribution in [2.75, 3.05) is 19.8 Å². The van der Waals surface area contributed by atoms with Gasteiger partial charge in [0.05, 0.1) is 38.8 Å². The van der Waals surface area contributed by atoms with E-state index in [-0.39, 0.29) is 12.1 Å². The summed E-state index contributed by atoms with van der Waals surface area (Å²) in [7, 11) is 0. The second-order valence-electron chi connectivity index (χ2n) is 6.51. The molecule has 0 aliphatic rings. The third-order valence-electron chi connectivity index (χ3n) is 4.14. The summed E-state index contributed by atoms with van der Waals surface area (Å²) in [6.07, 6.45) is 8.57. The van der Waals surface area contributed by atoms with Crippen molar-refractivity contribution in [2.45, 2.75) is 51.9 Å². The molecule has 0 saturated carbocycles. The van der Waals surface area contributed by atoms with Crippen LogP contribution in [0.25, 0.3) is 0 Å². The van der Waals surface area contributed by atoms with Gasteiger partial charge in [0.1, 0.15) is 0 Å². The third-order valence-corrected chi connectivity index (χ3v) is 4.67. The van der Waals surface area contributed by atoms with E-state index in [4.69, 9.17) is 14.2 Å². The van der Waals surface area contributed by atoms with Gasteiger partial charge in [-0.15, -0.1) is 0 Å². The number of carbonyl (C=O) groups is 1. The van der Waals surface area contributed by atoms with Gasteiger partial charge in [-0.05, 0) is 37.5 Å². The van der Waals surface area contributed by atoms with Crippen molar-refractivity contribution in [3.05, 3.63) is 53.0 Å². The summed E-state index contributed by atoms with van der Waals surface area (Å²) in [5, 5.41) is 0. The number of imidazole rings is 1. The number of carbonyl (C=O) groups excluding carboxylic acids is 1. The molecule has 0 aliphatic heterocycles. The molecule has 0 radical (unpaired) electrons. The van der Waals surface area contributed by atoms with Crippen LogP contribution in [-0.4, -0.2) is 41.4 Å². The molecule has 0 saturated heterocycles. The van der Waals surface area contributed by atoms with E-state index in [0.29, 0.717) is 39.4 Å². The zero-order chi connectivity index (χ0) is 20.0. The Morgan fingerprint density at radius 1 is 1.21 bits per heavy atom. The molecule has 0 N–H and O–H groups in total. The van der Waals surface area contributed by atoms with Crippen LogP contribution in [0, 0.1) is 0 Å². The first-order valence-corrected chi connectivity index (χ1v) is 10.5. The van der Waals surface area contributed by atoms with Gasteiger partial charge in [0, 0.05) is 29.9 Å². The Labute approximate surface area is 175 Å². The highest BCUT2D eigenvalue weighted by Crippen LogP contribution is 2.12. The molecule has 154 valence electrons. The first-order chi connectivity index (χ1) is 13.7. The van der Waals surface area contributed by atoms with Gasteiger partial charge in [-0.2, -0.15) is 0 Å². The smallest absolute Gasteiger partial charge is 0.305 e. The Bertz CT molecular complexity index is 662. The molecule has 7 heteroatoms. The van der Waals surface area contributed by atoms with Crippen LogP contribution in [0.4, 0.5) is 0 Å². The SMILES string of the molecule is CCOC(=O)CCCCCOC(COCc1ccc(Br)cc1)Cn1ccnc1. The number of ether oxygens (including phenoxy) is 3. The first kappa shape index (κ1) is 22.6. The van der Waals surface area contributed by atoms with E-state index in [9.17, 15) is 4.79 Å². The number of rotatable bonds is 14. The molecule has 0 amide bonds. The number of hydrogen-bond donors (Lipinski definition) is 0. The van der Waals surface area contributed by atoms with Gasteiger partial charge in [0.2, 0.25) is 0 Å². The average Bonchev–Trinajstić information content (AvgIpc) is 3.19. The fraction of sp³-hybridized carbons (Fsp3) is 0.524. The lowest BCUT2D eigenvalue weighted by atomic mass is 10.2. The number of hydrogen-bond acceptors (Lipinski definition) is 5. The van der Waals surface area contributed by atoms with E-state index in [1.165, 1.54) is 0 Å². The van der Waals surface area contributed by atoms with Crippen molar-refractivity contribution in [3.8, 4) is 0 Å². The highest BCUT2D eigenvalue weighted by atomic mass is 79.9. The highest BCUT2D eigenvalue weighted by molar-refractivity contribution is 9.10. The Morgan fingerprint density at radius 2 is 2.04 bits per heavy atom. The Kier molecular flexibility index (Phi) is 10.9. The molecule has 1 aromatic carbocycles. The van der Waals surface area contributed by atoms with Crippen LogP contribution in [0.15, 0.2) is 47.5 Å². The molecule has 2 aromatic rings. The van der Waals surface area contributed by atoms with Crippen LogP contribution in [0.2, 0.25) is 0 Å². The standard InChI is InChI=1S/C21H29BrN2O4/c1-2-27-21(25)6-4-3-5-13-28-20(14-24-12-11-23-17-24)16-26-15-18-7-9-19(22)10-8-18/h7-12,17,20H,2-6,13-16H2,1H3. The fourth-order valence-electron chi connectivity index (χ4n) is 2.70. The van der Waals surface area contributed by atoms with Crippen molar-refractivity contribution in [1.82, 2.24) is 9.55 Å². The highest BCUT2D eigenvalue weighted by Gasteiger charge is 2.11. The average molecular weight is 453 g/mol. The quantitative estimate of drug-likeness (QED) is 0.314. The summed E-state index contributed by atoms with van der Waals surface area (Å²) >= 11 is 3.44. The Morgan fingerprint density at radius 3 is 2.75 bits per heavy atom. The van der Waals surface area contributed by atoms with Crippen molar-refractivity contribution in [3.63, 3.8) is 0 Å². The molecular formula is C21H29BrN2O4. The second kappa shape index (κ2) is 13.5. The summed E-state index contributed by atoms with van der Waals surface area (Å²) in [4.78, 5) is 15.4. The Balaban J connectivity index is 1.68. The summed E-state index contributed by atoms with van der Waals surface area (Å²) in [6, 6.07) is 8.10. The van der Waals surface area contributed by atoms with Crippen LogP contribution in [0.1, 0.15) is 38.2 Å². The van der Waals surface area contributed by atoms with Crippen molar-refractivity contribution < 1.29 is 19.0 Å². The van der Waals surface area contributed by atoms with E-state index in [2.05, 4.69) is 20.9 Å². The van der Waals surface area contributed by atoms with Crippen molar-refractivity contribution >= 4 is 21.9 Å². The minimum atomic E-state index is -0.122. The fourth-order valence-corrected chi connectivity index (χ4v) is 2.97. The van der Waals surface area contributed by atoms with Crippen LogP contribution in [0.3, 0.4) is 0 Å². The van der Waals surface area contributed by atoms with Crippen LogP contribution in [0.5, 0.6) is 0 Å². The van der Waals surface area contributed by atoms with E-state index in [1.54, 1.807) is 12.5 Å². The Hall–Kier alpha value is -1.70. The molecular weight excluding hydrogens is 424 g/mol. The number of nitrogens with zero attached hydrogens (tertiary/aromatic N) is 2. The molecule has 2 rings (SSSR count). The summed E-state index contributed by atoms with van der Waals surface area (Å²) < 4.78 is 19.9. The number of benzene rings is 1. The molecule has 28 heavy (non-hydrogen) atoms. The van der Waals surface area contributed by atoms with E-state index < -0.39 is 0 Å². The molecule has 6 nitrogen and oxygen atoms in total. The van der Waals surface area contributed by atoms with E-state index in [0.717, 1.165) is 29.3 Å². The second-order valence-corrected chi connectivity index (χ2v) is 7.43. The van der Waals surface area contributed by atoms with Gasteiger partial charge in [-0.1, -0.05) is 34.5 Å². The summed E-state index contributed by atoms with van der Waals surface area (Å²) in [5.74, 6) is -0.122.